The third-order valence-electron chi connectivity index (χ3n) is 3.03. The monoisotopic (exact) mass is 362 g/mol. The molecule has 1 unspecified atom stereocenters. The van der Waals surface area contributed by atoms with Crippen molar-refractivity contribution in [1.82, 2.24) is 0 Å². The number of nitriles is 1. The summed E-state index contributed by atoms with van der Waals surface area (Å²) < 4.78 is 0.725. The molecule has 0 aliphatic rings. The van der Waals surface area contributed by atoms with E-state index >= 15 is 0 Å². The van der Waals surface area contributed by atoms with Gasteiger partial charge in [0.15, 0.2) is 5.92 Å². The summed E-state index contributed by atoms with van der Waals surface area (Å²) in [5, 5.41) is 12.5. The molecule has 0 bridgehead atoms. The van der Waals surface area contributed by atoms with Crippen LogP contribution in [0.15, 0.2) is 46.9 Å². The van der Waals surface area contributed by atoms with Crippen LogP contribution in [0.1, 0.15) is 17.0 Å². The average Bonchev–Trinajstić information content (AvgIpc) is 2.46. The average molecular weight is 364 g/mol. The van der Waals surface area contributed by atoms with Crippen LogP contribution in [0.3, 0.4) is 0 Å². The van der Waals surface area contributed by atoms with E-state index in [0.29, 0.717) is 16.3 Å². The maximum absolute atomic E-state index is 12.3. The number of amides is 1. The summed E-state index contributed by atoms with van der Waals surface area (Å²) in [4.78, 5) is 12.3. The Labute approximate surface area is 136 Å². The molecule has 0 aliphatic carbocycles. The van der Waals surface area contributed by atoms with E-state index in [2.05, 4.69) is 21.2 Å². The van der Waals surface area contributed by atoms with E-state index in [1.54, 1.807) is 30.3 Å². The highest BCUT2D eigenvalue weighted by atomic mass is 79.9. The number of halogens is 2. The molecule has 0 fully saturated rings. The molecule has 5 heteroatoms. The Bertz CT molecular complexity index is 710. The second-order valence-corrected chi connectivity index (χ2v) is 5.80. The zero-order valence-electron chi connectivity index (χ0n) is 11.2. The molecule has 3 nitrogen and oxygen atoms in total. The van der Waals surface area contributed by atoms with E-state index in [4.69, 9.17) is 11.6 Å². The number of benzene rings is 2. The molecular weight excluding hydrogens is 352 g/mol. The van der Waals surface area contributed by atoms with Crippen LogP contribution in [0.4, 0.5) is 5.69 Å². The molecular formula is C16H12BrClN2O. The second-order valence-electron chi connectivity index (χ2n) is 4.54. The first-order valence-corrected chi connectivity index (χ1v) is 7.41. The van der Waals surface area contributed by atoms with Gasteiger partial charge in [-0.3, -0.25) is 4.79 Å². The Kier molecular flexibility index (Phi) is 5.00. The van der Waals surface area contributed by atoms with E-state index in [1.807, 2.05) is 25.1 Å². The molecule has 0 aromatic heterocycles. The minimum atomic E-state index is -0.863. The van der Waals surface area contributed by atoms with E-state index in [0.717, 1.165) is 10.0 Å². The van der Waals surface area contributed by atoms with E-state index in [1.165, 1.54) is 0 Å². The van der Waals surface area contributed by atoms with Crippen molar-refractivity contribution < 1.29 is 4.79 Å². The van der Waals surface area contributed by atoms with Crippen molar-refractivity contribution in [2.75, 3.05) is 5.32 Å². The number of nitrogens with one attached hydrogen (secondary N) is 1. The Morgan fingerprint density at radius 3 is 2.62 bits per heavy atom. The van der Waals surface area contributed by atoms with Crippen molar-refractivity contribution in [3.8, 4) is 6.07 Å². The highest BCUT2D eigenvalue weighted by Gasteiger charge is 2.21. The first kappa shape index (κ1) is 15.6. The van der Waals surface area contributed by atoms with Crippen LogP contribution in [0.2, 0.25) is 5.02 Å². The summed E-state index contributed by atoms with van der Waals surface area (Å²) in [5.41, 5.74) is 2.11. The maximum Gasteiger partial charge on any atom is 0.246 e. The third kappa shape index (κ3) is 3.63. The molecule has 2 rings (SSSR count). The second kappa shape index (κ2) is 6.75. The summed E-state index contributed by atoms with van der Waals surface area (Å²) in [6.07, 6.45) is 0. The SMILES string of the molecule is Cc1cc(Br)c(NC(=O)C(C#N)c2ccccc2)cc1Cl. The molecule has 2 aromatic rings. The quantitative estimate of drug-likeness (QED) is 0.862. The molecule has 0 aliphatic heterocycles. The Hall–Kier alpha value is -1.83. The number of carbonyl (C=O) groups is 1. The standard InChI is InChI=1S/C16H12BrClN2O/c1-10-7-13(17)15(8-14(10)18)20-16(21)12(9-19)11-5-3-2-4-6-11/h2-8,12H,1H3,(H,20,21). The molecule has 106 valence electrons. The van der Waals surface area contributed by atoms with Crippen LogP contribution in [-0.2, 0) is 4.79 Å². The van der Waals surface area contributed by atoms with E-state index in [-0.39, 0.29) is 5.91 Å². The Morgan fingerprint density at radius 2 is 2.00 bits per heavy atom. The van der Waals surface area contributed by atoms with Crippen LogP contribution in [0, 0.1) is 18.3 Å². The van der Waals surface area contributed by atoms with Crippen molar-refractivity contribution in [1.29, 1.82) is 5.26 Å². The number of anilines is 1. The van der Waals surface area contributed by atoms with Gasteiger partial charge in [0.2, 0.25) is 5.91 Å². The van der Waals surface area contributed by atoms with Crippen molar-refractivity contribution in [3.05, 3.63) is 63.1 Å². The van der Waals surface area contributed by atoms with Gasteiger partial charge in [0.25, 0.3) is 0 Å². The zero-order valence-corrected chi connectivity index (χ0v) is 13.6. The van der Waals surface area contributed by atoms with Crippen molar-refractivity contribution >= 4 is 39.1 Å². The summed E-state index contributed by atoms with van der Waals surface area (Å²) in [7, 11) is 0. The maximum atomic E-state index is 12.3. The van der Waals surface area contributed by atoms with Crippen LogP contribution in [-0.4, -0.2) is 5.91 Å². The van der Waals surface area contributed by atoms with Crippen LogP contribution in [0.25, 0.3) is 0 Å². The van der Waals surface area contributed by atoms with Gasteiger partial charge in [-0.2, -0.15) is 5.26 Å². The van der Waals surface area contributed by atoms with Crippen molar-refractivity contribution in [3.63, 3.8) is 0 Å². The van der Waals surface area contributed by atoms with Gasteiger partial charge in [-0.25, -0.2) is 0 Å². The fourth-order valence-corrected chi connectivity index (χ4v) is 2.60. The third-order valence-corrected chi connectivity index (χ3v) is 4.09. The first-order valence-electron chi connectivity index (χ1n) is 6.24. The van der Waals surface area contributed by atoms with Gasteiger partial charge in [0, 0.05) is 9.50 Å². The van der Waals surface area contributed by atoms with Crippen LogP contribution >= 0.6 is 27.5 Å². The van der Waals surface area contributed by atoms with E-state index in [9.17, 15) is 10.1 Å². The number of aryl methyl sites for hydroxylation is 1. The Morgan fingerprint density at radius 1 is 1.33 bits per heavy atom. The van der Waals surface area contributed by atoms with Gasteiger partial charge in [-0.1, -0.05) is 41.9 Å². The van der Waals surface area contributed by atoms with Gasteiger partial charge in [0.05, 0.1) is 11.8 Å². The number of rotatable bonds is 3. The molecule has 0 saturated heterocycles. The molecule has 2 aromatic carbocycles. The zero-order chi connectivity index (χ0) is 15.4. The molecule has 1 N–H and O–H groups in total. The molecule has 1 amide bonds. The normalized spacial score (nSPS) is 11.5. The first-order chi connectivity index (χ1) is 10.0. The fraction of sp³-hybridized carbons (Fsp3) is 0.125. The lowest BCUT2D eigenvalue weighted by molar-refractivity contribution is -0.116. The van der Waals surface area contributed by atoms with Crippen LogP contribution in [0.5, 0.6) is 0 Å². The topological polar surface area (TPSA) is 52.9 Å². The highest BCUT2D eigenvalue weighted by Crippen LogP contribution is 2.30. The van der Waals surface area contributed by atoms with Gasteiger partial charge < -0.3 is 5.32 Å². The summed E-state index contributed by atoms with van der Waals surface area (Å²) >= 11 is 9.44. The molecule has 0 saturated carbocycles. The van der Waals surface area contributed by atoms with Crippen molar-refractivity contribution in [2.45, 2.75) is 12.8 Å². The van der Waals surface area contributed by atoms with Crippen LogP contribution < -0.4 is 5.32 Å². The lowest BCUT2D eigenvalue weighted by Gasteiger charge is -2.13. The molecule has 0 heterocycles. The van der Waals surface area contributed by atoms with E-state index < -0.39 is 5.92 Å². The summed E-state index contributed by atoms with van der Waals surface area (Å²) in [6.45, 7) is 1.88. The molecule has 21 heavy (non-hydrogen) atoms. The summed E-state index contributed by atoms with van der Waals surface area (Å²) in [6, 6.07) is 14.5. The number of hydrogen-bond donors (Lipinski definition) is 1. The van der Waals surface area contributed by atoms with Gasteiger partial charge in [-0.15, -0.1) is 0 Å². The number of carbonyl (C=O) groups excluding carboxylic acids is 1. The molecule has 0 spiro atoms. The van der Waals surface area contributed by atoms with Crippen molar-refractivity contribution in [2.24, 2.45) is 0 Å². The predicted molar refractivity (Wildman–Crippen MR) is 87.3 cm³/mol. The molecule has 0 radical (unpaired) electrons. The highest BCUT2D eigenvalue weighted by molar-refractivity contribution is 9.10. The summed E-state index contributed by atoms with van der Waals surface area (Å²) in [5.74, 6) is -1.25. The smallest absolute Gasteiger partial charge is 0.246 e. The minimum absolute atomic E-state index is 0.385. The molecule has 1 atom stereocenters. The Balaban J connectivity index is 2.25. The minimum Gasteiger partial charge on any atom is -0.324 e. The van der Waals surface area contributed by atoms with Gasteiger partial charge >= 0.3 is 0 Å². The predicted octanol–water partition coefficient (Wildman–Crippen LogP) is 4.66. The lowest BCUT2D eigenvalue weighted by Crippen LogP contribution is -2.20. The van der Waals surface area contributed by atoms with Gasteiger partial charge in [-0.05, 0) is 46.1 Å². The number of hydrogen-bond acceptors (Lipinski definition) is 2. The lowest BCUT2D eigenvalue weighted by atomic mass is 10.00. The van der Waals surface area contributed by atoms with Gasteiger partial charge in [0.1, 0.15) is 0 Å². The fourth-order valence-electron chi connectivity index (χ4n) is 1.88. The largest absolute Gasteiger partial charge is 0.324 e. The number of nitrogens with zero attached hydrogens (tertiary/aromatic N) is 1.